The largest absolute Gasteiger partial charge is 0.467 e. The molecule has 1 atom stereocenters. The third-order valence-electron chi connectivity index (χ3n) is 3.16. The lowest BCUT2D eigenvalue weighted by molar-refractivity contribution is -0.132. The summed E-state index contributed by atoms with van der Waals surface area (Å²) < 4.78 is 5.08. The first-order valence-electron chi connectivity index (χ1n) is 6.88. The molecule has 1 aliphatic rings. The minimum atomic E-state index is -0.532. The molecule has 1 aromatic rings. The fourth-order valence-corrected chi connectivity index (χ4v) is 2.16. The number of carbonyl (C=O) groups is 3. The maximum absolute atomic E-state index is 12.1. The molecule has 0 unspecified atom stereocenters. The van der Waals surface area contributed by atoms with Crippen molar-refractivity contribution < 1.29 is 18.8 Å². The Morgan fingerprint density at radius 3 is 2.86 bits per heavy atom. The van der Waals surface area contributed by atoms with E-state index in [1.165, 1.54) is 6.26 Å². The molecule has 0 aliphatic carbocycles. The van der Waals surface area contributed by atoms with Gasteiger partial charge in [0.05, 0.1) is 12.8 Å². The molecule has 2 N–H and O–H groups in total. The number of rotatable bonds is 6. The molecule has 7 heteroatoms. The van der Waals surface area contributed by atoms with Crippen LogP contribution in [0.25, 0.3) is 0 Å². The topological polar surface area (TPSA) is 91.7 Å². The van der Waals surface area contributed by atoms with Crippen LogP contribution in [0.3, 0.4) is 0 Å². The first-order chi connectivity index (χ1) is 9.97. The Labute approximate surface area is 122 Å². The number of imide groups is 1. The van der Waals surface area contributed by atoms with Crippen LogP contribution in [0.5, 0.6) is 0 Å². The van der Waals surface area contributed by atoms with Gasteiger partial charge < -0.3 is 15.1 Å². The molecule has 0 aromatic carbocycles. The van der Waals surface area contributed by atoms with Crippen LogP contribution in [-0.4, -0.2) is 35.3 Å². The number of hydrogen-bond acceptors (Lipinski definition) is 4. The second kappa shape index (κ2) is 6.43. The fraction of sp³-hybridized carbons (Fsp3) is 0.500. The van der Waals surface area contributed by atoms with E-state index in [0.717, 1.165) is 4.90 Å². The molecule has 2 heterocycles. The van der Waals surface area contributed by atoms with Crippen LogP contribution < -0.4 is 10.6 Å². The van der Waals surface area contributed by atoms with E-state index in [-0.39, 0.29) is 24.9 Å². The highest BCUT2D eigenvalue weighted by atomic mass is 16.3. The predicted molar refractivity (Wildman–Crippen MR) is 74.0 cm³/mol. The van der Waals surface area contributed by atoms with Gasteiger partial charge in [-0.15, -0.1) is 0 Å². The standard InChI is InChI=1S/C14H19N3O4/c1-9(2)6-11-13(19)17(14(20)16-11)8-12(18)15-7-10-4-3-5-21-10/h3-5,9,11H,6-8H2,1-2H3,(H,15,18)(H,16,20)/t11-/m0/s1. The van der Waals surface area contributed by atoms with Gasteiger partial charge in [0, 0.05) is 0 Å². The van der Waals surface area contributed by atoms with Gasteiger partial charge >= 0.3 is 6.03 Å². The molecule has 0 bridgehead atoms. The second-order valence-electron chi connectivity index (χ2n) is 5.41. The van der Waals surface area contributed by atoms with E-state index in [1.54, 1.807) is 12.1 Å². The summed E-state index contributed by atoms with van der Waals surface area (Å²) in [5.41, 5.74) is 0. The van der Waals surface area contributed by atoms with Gasteiger partial charge in [-0.05, 0) is 24.5 Å². The number of nitrogens with zero attached hydrogens (tertiary/aromatic N) is 1. The Hall–Kier alpha value is -2.31. The molecular weight excluding hydrogens is 274 g/mol. The summed E-state index contributed by atoms with van der Waals surface area (Å²) in [7, 11) is 0. The highest BCUT2D eigenvalue weighted by molar-refractivity contribution is 6.06. The minimum Gasteiger partial charge on any atom is -0.467 e. The smallest absolute Gasteiger partial charge is 0.325 e. The molecule has 0 saturated carbocycles. The maximum Gasteiger partial charge on any atom is 0.325 e. The van der Waals surface area contributed by atoms with E-state index >= 15 is 0 Å². The Kier molecular flexibility index (Phi) is 4.62. The van der Waals surface area contributed by atoms with Gasteiger partial charge in [0.1, 0.15) is 18.3 Å². The minimum absolute atomic E-state index is 0.227. The highest BCUT2D eigenvalue weighted by Crippen LogP contribution is 2.13. The molecule has 1 saturated heterocycles. The molecular formula is C14H19N3O4. The molecule has 0 radical (unpaired) electrons. The third-order valence-corrected chi connectivity index (χ3v) is 3.16. The van der Waals surface area contributed by atoms with Crippen LogP contribution in [0, 0.1) is 5.92 Å². The Balaban J connectivity index is 1.85. The van der Waals surface area contributed by atoms with Crippen molar-refractivity contribution in [2.24, 2.45) is 5.92 Å². The molecule has 0 spiro atoms. The molecule has 2 rings (SSSR count). The third kappa shape index (κ3) is 3.84. The maximum atomic E-state index is 12.1. The fourth-order valence-electron chi connectivity index (χ4n) is 2.16. The molecule has 1 fully saturated rings. The lowest BCUT2D eigenvalue weighted by atomic mass is 10.0. The molecule has 114 valence electrons. The summed E-state index contributed by atoms with van der Waals surface area (Å²) in [4.78, 5) is 36.5. The summed E-state index contributed by atoms with van der Waals surface area (Å²) in [6, 6.07) is 2.40. The number of amides is 4. The summed E-state index contributed by atoms with van der Waals surface area (Å²) >= 11 is 0. The number of hydrogen-bond donors (Lipinski definition) is 2. The average Bonchev–Trinajstić information content (AvgIpc) is 3.00. The van der Waals surface area contributed by atoms with Gasteiger partial charge in [0.15, 0.2) is 0 Å². The summed E-state index contributed by atoms with van der Waals surface area (Å²) in [6.07, 6.45) is 2.07. The van der Waals surface area contributed by atoms with Crippen molar-refractivity contribution in [1.29, 1.82) is 0 Å². The van der Waals surface area contributed by atoms with Gasteiger partial charge in [-0.1, -0.05) is 13.8 Å². The van der Waals surface area contributed by atoms with Crippen molar-refractivity contribution in [1.82, 2.24) is 15.5 Å². The number of nitrogens with one attached hydrogen (secondary N) is 2. The Morgan fingerprint density at radius 2 is 2.24 bits per heavy atom. The first-order valence-corrected chi connectivity index (χ1v) is 6.88. The van der Waals surface area contributed by atoms with Crippen molar-refractivity contribution in [2.75, 3.05) is 6.54 Å². The van der Waals surface area contributed by atoms with Crippen LogP contribution >= 0.6 is 0 Å². The monoisotopic (exact) mass is 293 g/mol. The van der Waals surface area contributed by atoms with E-state index < -0.39 is 18.0 Å². The average molecular weight is 293 g/mol. The SMILES string of the molecule is CC(C)C[C@@H]1NC(=O)N(CC(=O)NCc2ccco2)C1=O. The zero-order valence-corrected chi connectivity index (χ0v) is 12.1. The van der Waals surface area contributed by atoms with E-state index in [1.807, 2.05) is 13.8 Å². The first kappa shape index (κ1) is 15.1. The quantitative estimate of drug-likeness (QED) is 0.761. The number of furan rings is 1. The van der Waals surface area contributed by atoms with Crippen LogP contribution in [0.15, 0.2) is 22.8 Å². The number of carbonyl (C=O) groups excluding carboxylic acids is 3. The summed E-state index contributed by atoms with van der Waals surface area (Å²) in [5.74, 6) is 0.146. The van der Waals surface area contributed by atoms with Crippen molar-refractivity contribution >= 4 is 17.8 Å². The van der Waals surface area contributed by atoms with Crippen LogP contribution in [0.1, 0.15) is 26.0 Å². The Bertz CT molecular complexity index is 524. The summed E-state index contributed by atoms with van der Waals surface area (Å²) in [6.45, 7) is 3.89. The van der Waals surface area contributed by atoms with E-state index in [2.05, 4.69) is 10.6 Å². The van der Waals surface area contributed by atoms with Crippen LogP contribution in [0.4, 0.5) is 4.79 Å². The highest BCUT2D eigenvalue weighted by Gasteiger charge is 2.38. The predicted octanol–water partition coefficient (Wildman–Crippen LogP) is 0.862. The van der Waals surface area contributed by atoms with Gasteiger partial charge in [-0.2, -0.15) is 0 Å². The normalized spacial score (nSPS) is 18.2. The second-order valence-corrected chi connectivity index (χ2v) is 5.41. The van der Waals surface area contributed by atoms with E-state index in [9.17, 15) is 14.4 Å². The lowest BCUT2D eigenvalue weighted by Gasteiger charge is -2.13. The van der Waals surface area contributed by atoms with E-state index in [0.29, 0.717) is 12.2 Å². The van der Waals surface area contributed by atoms with Crippen molar-refractivity contribution in [3.8, 4) is 0 Å². The van der Waals surface area contributed by atoms with E-state index in [4.69, 9.17) is 4.42 Å². The van der Waals surface area contributed by atoms with Crippen molar-refractivity contribution in [3.05, 3.63) is 24.2 Å². The summed E-state index contributed by atoms with van der Waals surface area (Å²) in [5, 5.41) is 5.20. The van der Waals surface area contributed by atoms with Crippen molar-refractivity contribution in [3.63, 3.8) is 0 Å². The molecule has 21 heavy (non-hydrogen) atoms. The molecule has 1 aliphatic heterocycles. The number of urea groups is 1. The van der Waals surface area contributed by atoms with Crippen LogP contribution in [0.2, 0.25) is 0 Å². The van der Waals surface area contributed by atoms with Gasteiger partial charge in [-0.25, -0.2) is 4.79 Å². The molecule has 4 amide bonds. The zero-order chi connectivity index (χ0) is 15.4. The van der Waals surface area contributed by atoms with Crippen molar-refractivity contribution in [2.45, 2.75) is 32.9 Å². The van der Waals surface area contributed by atoms with Gasteiger partial charge in [0.2, 0.25) is 5.91 Å². The molecule has 1 aromatic heterocycles. The lowest BCUT2D eigenvalue weighted by Crippen LogP contribution is -2.41. The van der Waals surface area contributed by atoms with Gasteiger partial charge in [-0.3, -0.25) is 14.5 Å². The van der Waals surface area contributed by atoms with Gasteiger partial charge in [0.25, 0.3) is 5.91 Å². The zero-order valence-electron chi connectivity index (χ0n) is 12.1. The Morgan fingerprint density at radius 1 is 1.48 bits per heavy atom. The van der Waals surface area contributed by atoms with Crippen LogP contribution in [-0.2, 0) is 16.1 Å². The molecule has 7 nitrogen and oxygen atoms in total.